The van der Waals surface area contributed by atoms with Gasteiger partial charge >= 0.3 is 0 Å². The molecular formula is C24H27FN2O3. The molecule has 0 spiro atoms. The van der Waals surface area contributed by atoms with Crippen molar-refractivity contribution >= 4 is 17.2 Å². The van der Waals surface area contributed by atoms with E-state index < -0.39 is 0 Å². The Morgan fingerprint density at radius 3 is 2.87 bits per heavy atom. The molecule has 0 bridgehead atoms. The zero-order chi connectivity index (χ0) is 20.9. The number of piperidine rings is 1. The molecule has 4 rings (SSSR count). The molecule has 0 saturated carbocycles. The van der Waals surface area contributed by atoms with Gasteiger partial charge in [-0.2, -0.15) is 0 Å². The number of carbonyl (C=O) groups excluding carboxylic acids is 1. The van der Waals surface area contributed by atoms with Gasteiger partial charge < -0.3 is 19.0 Å². The molecule has 2 heterocycles. The number of aromatic nitrogens is 1. The summed E-state index contributed by atoms with van der Waals surface area (Å²) in [4.78, 5) is 13.3. The molecular weight excluding hydrogens is 383 g/mol. The van der Waals surface area contributed by atoms with Gasteiger partial charge in [0.1, 0.15) is 29.1 Å². The van der Waals surface area contributed by atoms with Gasteiger partial charge in [0.15, 0.2) is 0 Å². The zero-order valence-corrected chi connectivity index (χ0v) is 17.3. The van der Waals surface area contributed by atoms with Crippen molar-refractivity contribution in [2.45, 2.75) is 38.5 Å². The van der Waals surface area contributed by atoms with E-state index in [0.717, 1.165) is 73.2 Å². The number of carbonyl (C=O) groups is 1. The highest BCUT2D eigenvalue weighted by Crippen LogP contribution is 2.33. The molecule has 2 aromatic carbocycles. The van der Waals surface area contributed by atoms with Crippen molar-refractivity contribution < 1.29 is 18.4 Å². The first-order valence-electron chi connectivity index (χ1n) is 10.6. The van der Waals surface area contributed by atoms with Crippen LogP contribution < -0.4 is 4.74 Å². The van der Waals surface area contributed by atoms with Gasteiger partial charge in [0, 0.05) is 35.9 Å². The number of halogens is 1. The number of fused-ring (bicyclic) bond motifs is 1. The van der Waals surface area contributed by atoms with E-state index in [4.69, 9.17) is 9.26 Å². The van der Waals surface area contributed by atoms with E-state index in [1.807, 2.05) is 25.1 Å². The van der Waals surface area contributed by atoms with Crippen LogP contribution in [0.4, 0.5) is 4.39 Å². The minimum Gasteiger partial charge on any atom is -0.493 e. The first-order valence-corrected chi connectivity index (χ1v) is 10.6. The van der Waals surface area contributed by atoms with Crippen LogP contribution in [0, 0.1) is 12.7 Å². The fourth-order valence-electron chi connectivity index (χ4n) is 4.22. The minimum absolute atomic E-state index is 0.289. The summed E-state index contributed by atoms with van der Waals surface area (Å²) in [6, 6.07) is 10.6. The quantitative estimate of drug-likeness (QED) is 0.399. The van der Waals surface area contributed by atoms with Crippen molar-refractivity contribution in [3.05, 3.63) is 59.1 Å². The number of benzene rings is 2. The summed E-state index contributed by atoms with van der Waals surface area (Å²) in [5.41, 5.74) is 2.67. The van der Waals surface area contributed by atoms with Gasteiger partial charge in [0.2, 0.25) is 0 Å². The van der Waals surface area contributed by atoms with Gasteiger partial charge in [-0.3, -0.25) is 0 Å². The van der Waals surface area contributed by atoms with Crippen LogP contribution in [-0.2, 0) is 11.2 Å². The lowest BCUT2D eigenvalue weighted by molar-refractivity contribution is -0.107. The van der Waals surface area contributed by atoms with Gasteiger partial charge in [0.05, 0.1) is 6.61 Å². The normalized spacial score (nSPS) is 15.5. The molecule has 0 aliphatic carbocycles. The van der Waals surface area contributed by atoms with Crippen LogP contribution in [0.1, 0.15) is 42.1 Å². The molecule has 0 amide bonds. The van der Waals surface area contributed by atoms with E-state index in [0.29, 0.717) is 24.5 Å². The average molecular weight is 410 g/mol. The molecule has 0 atom stereocenters. The summed E-state index contributed by atoms with van der Waals surface area (Å²) in [6.45, 7) is 5.61. The molecule has 5 nitrogen and oxygen atoms in total. The number of hydrogen-bond acceptors (Lipinski definition) is 5. The molecule has 1 fully saturated rings. The summed E-state index contributed by atoms with van der Waals surface area (Å²) in [5, 5.41) is 4.95. The fraction of sp³-hybridized carbons (Fsp3) is 0.417. The second-order valence-electron chi connectivity index (χ2n) is 8.01. The van der Waals surface area contributed by atoms with E-state index in [2.05, 4.69) is 10.1 Å². The molecule has 1 aromatic heterocycles. The van der Waals surface area contributed by atoms with Gasteiger partial charge in [-0.05, 0) is 57.5 Å². The van der Waals surface area contributed by atoms with E-state index >= 15 is 0 Å². The number of ether oxygens (including phenoxy) is 1. The molecule has 0 unspecified atom stereocenters. The number of hydrogen-bond donors (Lipinski definition) is 0. The largest absolute Gasteiger partial charge is 0.493 e. The van der Waals surface area contributed by atoms with E-state index in [9.17, 15) is 9.18 Å². The molecule has 30 heavy (non-hydrogen) atoms. The molecule has 3 aromatic rings. The van der Waals surface area contributed by atoms with Crippen LogP contribution in [0.15, 0.2) is 40.9 Å². The maximum Gasteiger partial charge on any atom is 0.147 e. The standard InChI is InChI=1S/C24H27FN2O3/c1-17-3-6-23(19(15-17)9-13-28)29-14-2-10-27-11-7-18(8-12-27)24-21-5-4-20(25)16-22(21)26-30-24/h3-6,13,15-16,18H,2,7-12,14H2,1H3. The highest BCUT2D eigenvalue weighted by Gasteiger charge is 2.25. The summed E-state index contributed by atoms with van der Waals surface area (Å²) >= 11 is 0. The fourth-order valence-corrected chi connectivity index (χ4v) is 4.22. The SMILES string of the molecule is Cc1ccc(OCCCN2CCC(c3onc4cc(F)ccc34)CC2)c(CC=O)c1. The molecule has 158 valence electrons. The number of likely N-dealkylation sites (tertiary alicyclic amines) is 1. The Balaban J connectivity index is 1.24. The van der Waals surface area contributed by atoms with E-state index in [1.54, 1.807) is 6.07 Å². The first-order chi connectivity index (χ1) is 14.6. The average Bonchev–Trinajstić information content (AvgIpc) is 3.16. The van der Waals surface area contributed by atoms with Crippen LogP contribution in [0.2, 0.25) is 0 Å². The van der Waals surface area contributed by atoms with Gasteiger partial charge in [-0.25, -0.2) is 4.39 Å². The van der Waals surface area contributed by atoms with Crippen LogP contribution >= 0.6 is 0 Å². The van der Waals surface area contributed by atoms with Crippen molar-refractivity contribution in [2.75, 3.05) is 26.2 Å². The summed E-state index contributed by atoms with van der Waals surface area (Å²) in [6.07, 6.45) is 4.24. The molecule has 1 saturated heterocycles. The monoisotopic (exact) mass is 410 g/mol. The Kier molecular flexibility index (Phi) is 6.43. The molecule has 1 aliphatic heterocycles. The maximum atomic E-state index is 13.4. The van der Waals surface area contributed by atoms with Crippen LogP contribution in [-0.4, -0.2) is 42.6 Å². The van der Waals surface area contributed by atoms with E-state index in [1.165, 1.54) is 12.1 Å². The van der Waals surface area contributed by atoms with Gasteiger partial charge in [0.25, 0.3) is 0 Å². The van der Waals surface area contributed by atoms with Crippen molar-refractivity contribution in [2.24, 2.45) is 0 Å². The van der Waals surface area contributed by atoms with Crippen molar-refractivity contribution in [3.8, 4) is 5.75 Å². The van der Waals surface area contributed by atoms with Gasteiger partial charge in [-0.15, -0.1) is 0 Å². The second kappa shape index (κ2) is 9.39. The highest BCUT2D eigenvalue weighted by atomic mass is 19.1. The summed E-state index contributed by atoms with van der Waals surface area (Å²) < 4.78 is 24.8. The first kappa shape index (κ1) is 20.5. The van der Waals surface area contributed by atoms with Crippen LogP contribution in [0.5, 0.6) is 5.75 Å². The third kappa shape index (κ3) is 4.70. The topological polar surface area (TPSA) is 55.6 Å². The number of rotatable bonds is 8. The van der Waals surface area contributed by atoms with Crippen molar-refractivity contribution in [1.29, 1.82) is 0 Å². The van der Waals surface area contributed by atoms with Crippen molar-refractivity contribution in [1.82, 2.24) is 10.1 Å². The molecule has 0 radical (unpaired) electrons. The van der Waals surface area contributed by atoms with E-state index in [-0.39, 0.29) is 5.82 Å². The Morgan fingerprint density at radius 2 is 2.07 bits per heavy atom. The van der Waals surface area contributed by atoms with Crippen LogP contribution in [0.3, 0.4) is 0 Å². The Labute approximate surface area is 175 Å². The molecule has 6 heteroatoms. The number of aldehydes is 1. The predicted molar refractivity (Wildman–Crippen MR) is 113 cm³/mol. The zero-order valence-electron chi connectivity index (χ0n) is 17.3. The van der Waals surface area contributed by atoms with Crippen LogP contribution in [0.25, 0.3) is 10.9 Å². The van der Waals surface area contributed by atoms with Gasteiger partial charge in [-0.1, -0.05) is 22.9 Å². The Morgan fingerprint density at radius 1 is 1.23 bits per heavy atom. The third-order valence-electron chi connectivity index (χ3n) is 5.82. The minimum atomic E-state index is -0.289. The number of nitrogens with zero attached hydrogens (tertiary/aromatic N) is 2. The molecule has 0 N–H and O–H groups in total. The Bertz CT molecular complexity index is 1010. The Hall–Kier alpha value is -2.73. The summed E-state index contributed by atoms with van der Waals surface area (Å²) in [7, 11) is 0. The lowest BCUT2D eigenvalue weighted by Crippen LogP contribution is -2.34. The summed E-state index contributed by atoms with van der Waals surface area (Å²) in [5.74, 6) is 1.73. The maximum absolute atomic E-state index is 13.4. The smallest absolute Gasteiger partial charge is 0.147 e. The number of aryl methyl sites for hydroxylation is 1. The lowest BCUT2D eigenvalue weighted by Gasteiger charge is -2.30. The second-order valence-corrected chi connectivity index (χ2v) is 8.01. The highest BCUT2D eigenvalue weighted by molar-refractivity contribution is 5.80. The van der Waals surface area contributed by atoms with Crippen molar-refractivity contribution in [3.63, 3.8) is 0 Å². The third-order valence-corrected chi connectivity index (χ3v) is 5.82. The lowest BCUT2D eigenvalue weighted by atomic mass is 9.92. The predicted octanol–water partition coefficient (Wildman–Crippen LogP) is 4.67. The molecule has 1 aliphatic rings.